The minimum atomic E-state index is -0.399. The number of allylic oxidation sites excluding steroid dienone is 1. The van der Waals surface area contributed by atoms with Crippen molar-refractivity contribution in [3.63, 3.8) is 0 Å². The van der Waals surface area contributed by atoms with E-state index in [2.05, 4.69) is 13.5 Å². The van der Waals surface area contributed by atoms with Gasteiger partial charge in [-0.1, -0.05) is 19.1 Å². The highest BCUT2D eigenvalue weighted by molar-refractivity contribution is 5.96. The fourth-order valence-corrected chi connectivity index (χ4v) is 5.34. The van der Waals surface area contributed by atoms with Crippen molar-refractivity contribution in [1.82, 2.24) is 9.13 Å². The molecule has 1 saturated heterocycles. The maximum Gasteiger partial charge on any atom is 0.334 e. The zero-order chi connectivity index (χ0) is 19.5. The summed E-state index contributed by atoms with van der Waals surface area (Å²) in [5.74, 6) is 0.0227. The highest BCUT2D eigenvalue weighted by Crippen LogP contribution is 2.56. The molecular formula is C21H26N2O4. The Hall–Kier alpha value is -2.37. The van der Waals surface area contributed by atoms with Gasteiger partial charge in [0.2, 0.25) is 0 Å². The van der Waals surface area contributed by atoms with E-state index in [9.17, 15) is 14.4 Å². The molecule has 27 heavy (non-hydrogen) atoms. The maximum absolute atomic E-state index is 12.6. The van der Waals surface area contributed by atoms with Crippen molar-refractivity contribution < 1.29 is 9.53 Å². The third kappa shape index (κ3) is 2.73. The Morgan fingerprint density at radius 3 is 2.78 bits per heavy atom. The fraction of sp³-hybridized carbons (Fsp3) is 0.571. The fourth-order valence-electron chi connectivity index (χ4n) is 5.34. The van der Waals surface area contributed by atoms with E-state index in [1.165, 1.54) is 23.4 Å². The molecule has 0 amide bonds. The number of esters is 1. The predicted molar refractivity (Wildman–Crippen MR) is 102 cm³/mol. The summed E-state index contributed by atoms with van der Waals surface area (Å²) in [5, 5.41) is 0. The molecule has 0 bridgehead atoms. The standard InChI is InChI=1S/C21H26N2O4/c1-12-6-5-7-21(2)10-17-14(9-16(12)21)15(19(25)27-17)8-13-11-22(3)20(26)23(4)18(13)24/h8,11,14,16-17H,1,5-7,9-10H2,2-4H3/b15-8-/t14-,16+,17-,21-/m1/s1. The van der Waals surface area contributed by atoms with Crippen molar-refractivity contribution in [3.8, 4) is 0 Å². The molecular weight excluding hydrogens is 344 g/mol. The van der Waals surface area contributed by atoms with Crippen LogP contribution in [0.25, 0.3) is 6.08 Å². The summed E-state index contributed by atoms with van der Waals surface area (Å²) in [5.41, 5.74) is 1.52. The van der Waals surface area contributed by atoms with E-state index in [1.54, 1.807) is 13.1 Å². The molecule has 3 fully saturated rings. The van der Waals surface area contributed by atoms with Gasteiger partial charge < -0.3 is 9.30 Å². The van der Waals surface area contributed by atoms with E-state index in [-0.39, 0.29) is 29.1 Å². The molecule has 2 aliphatic carbocycles. The summed E-state index contributed by atoms with van der Waals surface area (Å²) in [6, 6.07) is 0. The number of hydrogen-bond donors (Lipinski definition) is 0. The summed E-state index contributed by atoms with van der Waals surface area (Å²) in [6.07, 6.45) is 8.00. The smallest absolute Gasteiger partial charge is 0.334 e. The van der Waals surface area contributed by atoms with Crippen LogP contribution in [-0.2, 0) is 23.6 Å². The molecule has 6 nitrogen and oxygen atoms in total. The predicted octanol–water partition coefficient (Wildman–Crippen LogP) is 2.17. The van der Waals surface area contributed by atoms with Gasteiger partial charge in [-0.25, -0.2) is 9.59 Å². The molecule has 6 heteroatoms. The molecule has 0 unspecified atom stereocenters. The third-order valence-electron chi connectivity index (χ3n) is 6.86. The van der Waals surface area contributed by atoms with Crippen molar-refractivity contribution in [3.05, 3.63) is 50.3 Å². The topological polar surface area (TPSA) is 70.3 Å². The van der Waals surface area contributed by atoms with Gasteiger partial charge in [-0.15, -0.1) is 0 Å². The Bertz CT molecular complexity index is 983. The number of rotatable bonds is 1. The Balaban J connectivity index is 1.74. The van der Waals surface area contributed by atoms with Crippen molar-refractivity contribution in [2.45, 2.75) is 45.1 Å². The van der Waals surface area contributed by atoms with E-state index < -0.39 is 5.56 Å². The first kappa shape index (κ1) is 18.0. The average molecular weight is 370 g/mol. The van der Waals surface area contributed by atoms with Crippen molar-refractivity contribution in [1.29, 1.82) is 0 Å². The van der Waals surface area contributed by atoms with Crippen LogP contribution in [0.2, 0.25) is 0 Å². The Morgan fingerprint density at radius 1 is 1.30 bits per heavy atom. The largest absolute Gasteiger partial charge is 0.458 e. The number of aryl methyl sites for hydroxylation is 1. The molecule has 4 atom stereocenters. The molecule has 1 aliphatic heterocycles. The maximum atomic E-state index is 12.6. The zero-order valence-electron chi connectivity index (χ0n) is 16.2. The van der Waals surface area contributed by atoms with Crippen molar-refractivity contribution in [2.75, 3.05) is 0 Å². The lowest BCUT2D eigenvalue weighted by molar-refractivity contribution is -0.142. The second-order valence-corrected chi connectivity index (χ2v) is 8.65. The first-order valence-corrected chi connectivity index (χ1v) is 9.58. The third-order valence-corrected chi connectivity index (χ3v) is 6.86. The molecule has 2 heterocycles. The Morgan fingerprint density at radius 2 is 2.04 bits per heavy atom. The molecule has 0 N–H and O–H groups in total. The summed E-state index contributed by atoms with van der Waals surface area (Å²) in [6.45, 7) is 6.58. The number of ether oxygens (including phenoxy) is 1. The van der Waals surface area contributed by atoms with Crippen LogP contribution in [0.15, 0.2) is 33.5 Å². The van der Waals surface area contributed by atoms with Crippen LogP contribution in [0.3, 0.4) is 0 Å². The van der Waals surface area contributed by atoms with Crippen LogP contribution in [-0.4, -0.2) is 21.2 Å². The number of fused-ring (bicyclic) bond motifs is 2. The normalized spacial score (nSPS) is 34.3. The molecule has 1 aromatic heterocycles. The molecule has 4 rings (SSSR count). The molecule has 144 valence electrons. The second-order valence-electron chi connectivity index (χ2n) is 8.65. The van der Waals surface area contributed by atoms with Gasteiger partial charge in [-0.2, -0.15) is 0 Å². The van der Waals surface area contributed by atoms with Crippen LogP contribution in [0.5, 0.6) is 0 Å². The monoisotopic (exact) mass is 370 g/mol. The molecule has 1 aromatic rings. The highest BCUT2D eigenvalue weighted by atomic mass is 16.6. The van der Waals surface area contributed by atoms with Gasteiger partial charge in [0.25, 0.3) is 5.56 Å². The van der Waals surface area contributed by atoms with Crippen LogP contribution in [0, 0.1) is 17.3 Å². The van der Waals surface area contributed by atoms with E-state index >= 15 is 0 Å². The minimum absolute atomic E-state index is 0.0210. The van der Waals surface area contributed by atoms with Gasteiger partial charge in [-0.05, 0) is 49.5 Å². The quantitative estimate of drug-likeness (QED) is 0.432. The van der Waals surface area contributed by atoms with Gasteiger partial charge >= 0.3 is 11.7 Å². The number of nitrogens with zero attached hydrogens (tertiary/aromatic N) is 2. The minimum Gasteiger partial charge on any atom is -0.458 e. The lowest BCUT2D eigenvalue weighted by Crippen LogP contribution is -2.43. The van der Waals surface area contributed by atoms with Gasteiger partial charge in [0.15, 0.2) is 0 Å². The molecule has 3 aliphatic rings. The molecule has 2 saturated carbocycles. The Labute approximate surface area is 158 Å². The lowest BCUT2D eigenvalue weighted by atomic mass is 9.56. The van der Waals surface area contributed by atoms with E-state index in [0.29, 0.717) is 17.1 Å². The first-order chi connectivity index (χ1) is 12.7. The van der Waals surface area contributed by atoms with Crippen LogP contribution < -0.4 is 11.2 Å². The van der Waals surface area contributed by atoms with Crippen LogP contribution in [0.1, 0.15) is 44.6 Å². The van der Waals surface area contributed by atoms with Gasteiger partial charge in [0, 0.05) is 31.8 Å². The summed E-state index contributed by atoms with van der Waals surface area (Å²) in [7, 11) is 3.04. The molecule has 0 aromatic carbocycles. The number of aromatic nitrogens is 2. The summed E-state index contributed by atoms with van der Waals surface area (Å²) >= 11 is 0. The number of carbonyl (C=O) groups excluding carboxylic acids is 1. The Kier molecular flexibility index (Phi) is 4.05. The van der Waals surface area contributed by atoms with Gasteiger partial charge in [-0.3, -0.25) is 9.36 Å². The van der Waals surface area contributed by atoms with Crippen molar-refractivity contribution >= 4 is 12.0 Å². The summed E-state index contributed by atoms with van der Waals surface area (Å²) in [4.78, 5) is 37.0. The number of hydrogen-bond acceptors (Lipinski definition) is 4. The van der Waals surface area contributed by atoms with Gasteiger partial charge in [0.05, 0.1) is 5.56 Å². The van der Waals surface area contributed by atoms with E-state index in [0.717, 1.165) is 36.7 Å². The average Bonchev–Trinajstić information content (AvgIpc) is 2.90. The summed E-state index contributed by atoms with van der Waals surface area (Å²) < 4.78 is 8.12. The van der Waals surface area contributed by atoms with Crippen LogP contribution in [0.4, 0.5) is 0 Å². The SMILES string of the molecule is C=C1CCC[C@]2(C)C[C@H]3OC(=O)/C(=C\c4cn(C)c(=O)n(C)c4=O)[C@H]3C[C@@H]12. The van der Waals surface area contributed by atoms with Crippen molar-refractivity contribution in [2.24, 2.45) is 31.3 Å². The molecule has 0 spiro atoms. The highest BCUT2D eigenvalue weighted by Gasteiger charge is 2.53. The van der Waals surface area contributed by atoms with Crippen LogP contribution >= 0.6 is 0 Å². The van der Waals surface area contributed by atoms with E-state index in [4.69, 9.17) is 4.74 Å². The second kappa shape index (κ2) is 6.08. The van der Waals surface area contributed by atoms with E-state index in [1.807, 2.05) is 0 Å². The molecule has 0 radical (unpaired) electrons. The zero-order valence-corrected chi connectivity index (χ0v) is 16.2. The number of carbonyl (C=O) groups is 1. The van der Waals surface area contributed by atoms with Gasteiger partial charge in [0.1, 0.15) is 6.10 Å². The first-order valence-electron chi connectivity index (χ1n) is 9.58. The lowest BCUT2D eigenvalue weighted by Gasteiger charge is -2.49.